The molecule has 224 valence electrons. The van der Waals surface area contributed by atoms with Crippen LogP contribution < -0.4 is 0 Å². The summed E-state index contributed by atoms with van der Waals surface area (Å²) in [5.41, 5.74) is 0. The third kappa shape index (κ3) is 36.5. The number of hydrogen-bond acceptors (Lipinski definition) is 1. The second kappa shape index (κ2) is 31.0. The van der Waals surface area contributed by atoms with E-state index in [1.165, 1.54) is 192 Å². The topological polar surface area (TPSA) is 20.2 Å². The third-order valence-corrected chi connectivity index (χ3v) is 10.3. The minimum Gasteiger partial charge on any atom is -0.396 e. The first-order valence-corrected chi connectivity index (χ1v) is 21.6. The average Bonchev–Trinajstić information content (AvgIpc) is 2.86. The number of halogens is 1. The zero-order valence-electron chi connectivity index (χ0n) is 26.0. The van der Waals surface area contributed by atoms with Crippen LogP contribution >= 0.6 is 11.1 Å². The number of unbranched alkanes of at least 4 members (excludes halogenated alkanes) is 29. The van der Waals surface area contributed by atoms with Crippen LogP contribution in [-0.4, -0.2) is 19.1 Å². The van der Waals surface area contributed by atoms with E-state index in [0.29, 0.717) is 6.61 Å². The predicted molar refractivity (Wildman–Crippen MR) is 174 cm³/mol. The van der Waals surface area contributed by atoms with Crippen molar-refractivity contribution in [2.75, 3.05) is 6.61 Å². The van der Waals surface area contributed by atoms with Crippen molar-refractivity contribution >= 4 is 18.5 Å². The number of aliphatic hydroxyl groups excluding tert-OH is 1. The van der Waals surface area contributed by atoms with Crippen molar-refractivity contribution < 1.29 is 5.11 Å². The predicted octanol–water partition coefficient (Wildman–Crippen LogP) is 13.1. The molecule has 37 heavy (non-hydrogen) atoms. The third-order valence-electron chi connectivity index (χ3n) is 8.18. The maximum absolute atomic E-state index is 8.78. The van der Waals surface area contributed by atoms with E-state index in [1.54, 1.807) is 0 Å². The van der Waals surface area contributed by atoms with Gasteiger partial charge in [0.05, 0.1) is 0 Å². The zero-order valence-corrected chi connectivity index (χ0v) is 27.7. The molecular formula is C34H71ClOSi. The molecule has 0 fully saturated rings. The summed E-state index contributed by atoms with van der Waals surface area (Å²) in [6.45, 7) is 4.92. The second-order valence-corrected chi connectivity index (χ2v) is 19.8. The van der Waals surface area contributed by atoms with Crippen molar-refractivity contribution in [3.63, 3.8) is 0 Å². The van der Waals surface area contributed by atoms with E-state index in [4.69, 9.17) is 16.2 Å². The largest absolute Gasteiger partial charge is 0.396 e. The molecule has 0 spiro atoms. The Morgan fingerprint density at radius 1 is 0.324 bits per heavy atom. The van der Waals surface area contributed by atoms with Gasteiger partial charge in [-0.2, -0.15) is 11.1 Å². The van der Waals surface area contributed by atoms with Gasteiger partial charge < -0.3 is 5.11 Å². The fraction of sp³-hybridized carbons (Fsp3) is 1.00. The lowest BCUT2D eigenvalue weighted by molar-refractivity contribution is 0.282. The van der Waals surface area contributed by atoms with E-state index in [0.717, 1.165) is 6.42 Å². The van der Waals surface area contributed by atoms with Gasteiger partial charge in [0.25, 0.3) is 0 Å². The van der Waals surface area contributed by atoms with Crippen LogP contribution in [0, 0.1) is 0 Å². The maximum Gasteiger partial charge on any atom is 0.150 e. The fourth-order valence-electron chi connectivity index (χ4n) is 5.61. The highest BCUT2D eigenvalue weighted by atomic mass is 35.6. The molecule has 1 N–H and O–H groups in total. The minimum absolute atomic E-state index is 0.373. The maximum atomic E-state index is 8.78. The van der Waals surface area contributed by atoms with Gasteiger partial charge in [0.1, 0.15) is 7.38 Å². The van der Waals surface area contributed by atoms with Crippen LogP contribution in [0.2, 0.25) is 19.1 Å². The molecular weight excluding hydrogens is 488 g/mol. The molecule has 0 aromatic rings. The average molecular weight is 559 g/mol. The van der Waals surface area contributed by atoms with E-state index >= 15 is 0 Å². The Morgan fingerprint density at radius 2 is 0.486 bits per heavy atom. The molecule has 0 rings (SSSR count). The van der Waals surface area contributed by atoms with Crippen molar-refractivity contribution in [1.29, 1.82) is 0 Å². The van der Waals surface area contributed by atoms with Gasteiger partial charge in [-0.3, -0.25) is 0 Å². The van der Waals surface area contributed by atoms with Gasteiger partial charge in [-0.05, 0) is 12.5 Å². The molecule has 0 saturated heterocycles. The highest BCUT2D eigenvalue weighted by Crippen LogP contribution is 2.20. The lowest BCUT2D eigenvalue weighted by Gasteiger charge is -2.11. The summed E-state index contributed by atoms with van der Waals surface area (Å²) in [6.07, 6.45) is 42.7. The first-order valence-electron chi connectivity index (χ1n) is 17.4. The first-order chi connectivity index (χ1) is 18.1. The van der Waals surface area contributed by atoms with E-state index in [-0.39, 0.29) is 0 Å². The molecule has 0 aliphatic rings. The van der Waals surface area contributed by atoms with E-state index in [2.05, 4.69) is 13.1 Å². The van der Waals surface area contributed by atoms with Gasteiger partial charge in [-0.1, -0.05) is 199 Å². The summed E-state index contributed by atoms with van der Waals surface area (Å²) in [6, 6.07) is 1.30. The van der Waals surface area contributed by atoms with E-state index < -0.39 is 7.38 Å². The van der Waals surface area contributed by atoms with Gasteiger partial charge in [-0.25, -0.2) is 0 Å². The Labute approximate surface area is 241 Å². The Balaban J connectivity index is 3.04. The molecule has 1 nitrogen and oxygen atoms in total. The summed E-state index contributed by atoms with van der Waals surface area (Å²) in [4.78, 5) is 0. The molecule has 0 unspecified atom stereocenters. The van der Waals surface area contributed by atoms with Crippen LogP contribution in [0.4, 0.5) is 0 Å². The monoisotopic (exact) mass is 558 g/mol. The van der Waals surface area contributed by atoms with Crippen LogP contribution in [0.15, 0.2) is 0 Å². The summed E-state index contributed by atoms with van der Waals surface area (Å²) in [5, 5.41) is 8.78. The quantitative estimate of drug-likeness (QED) is 0.0494. The molecule has 0 bridgehead atoms. The number of hydrogen-bond donors (Lipinski definition) is 1. The molecule has 0 atom stereocenters. The van der Waals surface area contributed by atoms with Crippen molar-refractivity contribution in [3.8, 4) is 0 Å². The van der Waals surface area contributed by atoms with Crippen LogP contribution in [0.25, 0.3) is 0 Å². The molecule has 0 saturated carbocycles. The van der Waals surface area contributed by atoms with E-state index in [1.807, 2.05) is 0 Å². The smallest absolute Gasteiger partial charge is 0.150 e. The molecule has 0 amide bonds. The summed E-state index contributed by atoms with van der Waals surface area (Å²) >= 11 is 6.39. The number of aliphatic hydroxyl groups is 1. The van der Waals surface area contributed by atoms with Crippen LogP contribution in [-0.2, 0) is 0 Å². The van der Waals surface area contributed by atoms with Crippen molar-refractivity contribution in [2.24, 2.45) is 0 Å². The van der Waals surface area contributed by atoms with Crippen molar-refractivity contribution in [1.82, 2.24) is 0 Å². The first kappa shape index (κ1) is 37.5. The molecule has 0 aromatic heterocycles. The molecule has 0 radical (unpaired) electrons. The summed E-state index contributed by atoms with van der Waals surface area (Å²) in [7, 11) is -1.31. The molecule has 3 heteroatoms. The summed E-state index contributed by atoms with van der Waals surface area (Å²) in [5.74, 6) is 0. The summed E-state index contributed by atoms with van der Waals surface area (Å²) < 4.78 is 0. The zero-order chi connectivity index (χ0) is 27.1. The second-order valence-electron chi connectivity index (χ2n) is 12.8. The SMILES string of the molecule is C[Si](C)(Cl)CCCCCCCCCCCCCCCCCCCCCCCCCCCCCCCCO. The Bertz CT molecular complexity index is 409. The van der Waals surface area contributed by atoms with Crippen molar-refractivity contribution in [2.45, 2.75) is 212 Å². The Morgan fingerprint density at radius 3 is 0.649 bits per heavy atom. The van der Waals surface area contributed by atoms with E-state index in [9.17, 15) is 0 Å². The minimum atomic E-state index is -1.31. The molecule has 0 aliphatic carbocycles. The van der Waals surface area contributed by atoms with Gasteiger partial charge in [-0.15, -0.1) is 0 Å². The highest BCUT2D eigenvalue weighted by molar-refractivity contribution is 7.19. The van der Waals surface area contributed by atoms with Crippen LogP contribution in [0.5, 0.6) is 0 Å². The molecule has 0 aliphatic heterocycles. The van der Waals surface area contributed by atoms with Crippen LogP contribution in [0.3, 0.4) is 0 Å². The van der Waals surface area contributed by atoms with Crippen LogP contribution in [0.1, 0.15) is 193 Å². The van der Waals surface area contributed by atoms with Gasteiger partial charge in [0.2, 0.25) is 0 Å². The van der Waals surface area contributed by atoms with Gasteiger partial charge in [0, 0.05) is 6.61 Å². The lowest BCUT2D eigenvalue weighted by atomic mass is 10.0. The molecule has 0 aromatic carbocycles. The highest BCUT2D eigenvalue weighted by Gasteiger charge is 2.15. The fourth-order valence-corrected chi connectivity index (χ4v) is 7.10. The Kier molecular flexibility index (Phi) is 31.4. The molecule has 0 heterocycles. The van der Waals surface area contributed by atoms with Gasteiger partial charge >= 0.3 is 0 Å². The number of rotatable bonds is 32. The normalized spacial score (nSPS) is 12.0. The standard InChI is InChI=1S/C34H71ClOSi/c1-37(2,35)34-32-30-28-26-24-22-20-18-16-14-12-10-8-6-4-3-5-7-9-11-13-15-17-19-21-23-25-27-29-31-33-36/h36H,3-34H2,1-2H3. The van der Waals surface area contributed by atoms with Crippen molar-refractivity contribution in [3.05, 3.63) is 0 Å². The Hall–Kier alpha value is 0.467. The van der Waals surface area contributed by atoms with Gasteiger partial charge in [0.15, 0.2) is 0 Å². The lowest BCUT2D eigenvalue weighted by Crippen LogP contribution is -2.14.